The van der Waals surface area contributed by atoms with Crippen molar-refractivity contribution < 1.29 is 9.59 Å². The second-order valence-corrected chi connectivity index (χ2v) is 4.98. The molecule has 0 aromatic heterocycles. The van der Waals surface area contributed by atoms with Crippen LogP contribution in [0.25, 0.3) is 0 Å². The molecule has 108 valence electrons. The maximum atomic E-state index is 12.0. The van der Waals surface area contributed by atoms with Crippen molar-refractivity contribution in [1.82, 2.24) is 0 Å². The first-order chi connectivity index (χ1) is 9.97. The first kappa shape index (κ1) is 14.8. The molecule has 4 heteroatoms. The van der Waals surface area contributed by atoms with E-state index in [0.717, 1.165) is 16.8 Å². The number of amides is 2. The van der Waals surface area contributed by atoms with E-state index in [1.807, 2.05) is 32.0 Å². The predicted octanol–water partition coefficient (Wildman–Crippen LogP) is 4.15. The zero-order valence-corrected chi connectivity index (χ0v) is 12.4. The summed E-state index contributed by atoms with van der Waals surface area (Å²) in [4.78, 5) is 23.2. The second-order valence-electron chi connectivity index (χ2n) is 4.98. The number of hydrogen-bond acceptors (Lipinski definition) is 2. The summed E-state index contributed by atoms with van der Waals surface area (Å²) in [7, 11) is 0. The zero-order chi connectivity index (χ0) is 15.4. The van der Waals surface area contributed by atoms with Gasteiger partial charge in [-0.3, -0.25) is 4.79 Å². The largest absolute Gasteiger partial charge is 0.323 e. The number of ketones is 1. The van der Waals surface area contributed by atoms with Crippen LogP contribution in [0.3, 0.4) is 0 Å². The number of urea groups is 1. The zero-order valence-electron chi connectivity index (χ0n) is 12.4. The molecule has 0 atom stereocenters. The molecular weight excluding hydrogens is 264 g/mol. The summed E-state index contributed by atoms with van der Waals surface area (Å²) in [5, 5.41) is 5.60. The Morgan fingerprint density at radius 1 is 0.857 bits per heavy atom. The standard InChI is InChI=1S/C17H18N2O2/c1-11-5-4-6-12(2)16(11)19-17(21)18-15-9-7-14(8-10-15)13(3)20/h4-10H,1-3H3,(H2,18,19,21). The summed E-state index contributed by atoms with van der Waals surface area (Å²) in [6.45, 7) is 5.41. The summed E-state index contributed by atoms with van der Waals surface area (Å²) in [6, 6.07) is 12.3. The molecule has 0 aliphatic rings. The number of para-hydroxylation sites is 1. The maximum absolute atomic E-state index is 12.0. The van der Waals surface area contributed by atoms with Crippen molar-refractivity contribution in [3.63, 3.8) is 0 Å². The third-order valence-electron chi connectivity index (χ3n) is 3.27. The summed E-state index contributed by atoms with van der Waals surface area (Å²) in [5.74, 6) is 0.00142. The molecule has 0 saturated carbocycles. The monoisotopic (exact) mass is 282 g/mol. The van der Waals surface area contributed by atoms with Crippen LogP contribution in [-0.2, 0) is 0 Å². The Kier molecular flexibility index (Phi) is 4.38. The number of anilines is 2. The highest BCUT2D eigenvalue weighted by atomic mass is 16.2. The van der Waals surface area contributed by atoms with Crippen LogP contribution in [0.4, 0.5) is 16.2 Å². The minimum absolute atomic E-state index is 0.00142. The van der Waals surface area contributed by atoms with E-state index in [1.165, 1.54) is 6.92 Å². The van der Waals surface area contributed by atoms with E-state index in [4.69, 9.17) is 0 Å². The van der Waals surface area contributed by atoms with Crippen LogP contribution >= 0.6 is 0 Å². The van der Waals surface area contributed by atoms with Gasteiger partial charge in [0.1, 0.15) is 0 Å². The van der Waals surface area contributed by atoms with Crippen LogP contribution in [-0.4, -0.2) is 11.8 Å². The minimum Gasteiger partial charge on any atom is -0.308 e. The number of hydrogen-bond donors (Lipinski definition) is 2. The number of rotatable bonds is 3. The normalized spacial score (nSPS) is 10.0. The summed E-state index contributed by atoms with van der Waals surface area (Å²) in [6.07, 6.45) is 0. The van der Waals surface area contributed by atoms with Gasteiger partial charge in [0.25, 0.3) is 0 Å². The third kappa shape index (κ3) is 3.69. The number of Topliss-reactive ketones (excluding diaryl/α,β-unsaturated/α-hetero) is 1. The Morgan fingerprint density at radius 2 is 1.43 bits per heavy atom. The van der Waals surface area contributed by atoms with Gasteiger partial charge >= 0.3 is 6.03 Å². The van der Waals surface area contributed by atoms with Crippen LogP contribution < -0.4 is 10.6 Å². The number of carbonyl (C=O) groups excluding carboxylic acids is 2. The molecule has 0 bridgehead atoms. The molecule has 2 aromatic carbocycles. The Balaban J connectivity index is 2.06. The van der Waals surface area contributed by atoms with Crippen LogP contribution in [0, 0.1) is 13.8 Å². The van der Waals surface area contributed by atoms with E-state index in [0.29, 0.717) is 11.3 Å². The van der Waals surface area contributed by atoms with Crippen molar-refractivity contribution in [2.24, 2.45) is 0 Å². The molecule has 4 nitrogen and oxygen atoms in total. The number of carbonyl (C=O) groups is 2. The van der Waals surface area contributed by atoms with Gasteiger partial charge in [-0.1, -0.05) is 18.2 Å². The number of nitrogens with one attached hydrogen (secondary N) is 2. The Bertz CT molecular complexity index is 655. The molecule has 21 heavy (non-hydrogen) atoms. The van der Waals surface area contributed by atoms with Crippen molar-refractivity contribution in [2.45, 2.75) is 20.8 Å². The van der Waals surface area contributed by atoms with Crippen LogP contribution in [0.5, 0.6) is 0 Å². The lowest BCUT2D eigenvalue weighted by Crippen LogP contribution is -2.20. The van der Waals surface area contributed by atoms with Crippen LogP contribution in [0.15, 0.2) is 42.5 Å². The first-order valence-electron chi connectivity index (χ1n) is 6.72. The Hall–Kier alpha value is -2.62. The van der Waals surface area contributed by atoms with Crippen LogP contribution in [0.2, 0.25) is 0 Å². The highest BCUT2D eigenvalue weighted by molar-refractivity contribution is 6.01. The topological polar surface area (TPSA) is 58.2 Å². The highest BCUT2D eigenvalue weighted by Gasteiger charge is 2.07. The third-order valence-corrected chi connectivity index (χ3v) is 3.27. The van der Waals surface area contributed by atoms with E-state index in [9.17, 15) is 9.59 Å². The molecule has 0 radical (unpaired) electrons. The smallest absolute Gasteiger partial charge is 0.308 e. The van der Waals surface area contributed by atoms with Gasteiger partial charge in [0.15, 0.2) is 5.78 Å². The molecule has 0 spiro atoms. The fraction of sp³-hybridized carbons (Fsp3) is 0.176. The van der Waals surface area contributed by atoms with E-state index >= 15 is 0 Å². The van der Waals surface area contributed by atoms with Crippen molar-refractivity contribution in [2.75, 3.05) is 10.6 Å². The summed E-state index contributed by atoms with van der Waals surface area (Å²) >= 11 is 0. The lowest BCUT2D eigenvalue weighted by atomic mass is 10.1. The molecule has 0 fully saturated rings. The number of benzene rings is 2. The molecule has 0 aliphatic heterocycles. The molecule has 0 heterocycles. The second kappa shape index (κ2) is 6.22. The minimum atomic E-state index is -0.303. The first-order valence-corrected chi connectivity index (χ1v) is 6.72. The molecule has 2 rings (SSSR count). The van der Waals surface area contributed by atoms with E-state index in [-0.39, 0.29) is 11.8 Å². The van der Waals surface area contributed by atoms with Crippen LogP contribution in [0.1, 0.15) is 28.4 Å². The van der Waals surface area contributed by atoms with E-state index in [2.05, 4.69) is 10.6 Å². The lowest BCUT2D eigenvalue weighted by molar-refractivity contribution is 0.101. The average Bonchev–Trinajstić information content (AvgIpc) is 2.43. The van der Waals surface area contributed by atoms with Crippen molar-refractivity contribution in [3.8, 4) is 0 Å². The Labute approximate surface area is 124 Å². The SMILES string of the molecule is CC(=O)c1ccc(NC(=O)Nc2c(C)cccc2C)cc1. The van der Waals surface area contributed by atoms with Gasteiger partial charge in [-0.05, 0) is 56.2 Å². The van der Waals surface area contributed by atoms with Crippen molar-refractivity contribution >= 4 is 23.2 Å². The molecule has 0 aliphatic carbocycles. The average molecular weight is 282 g/mol. The fourth-order valence-corrected chi connectivity index (χ4v) is 2.08. The summed E-state index contributed by atoms with van der Waals surface area (Å²) < 4.78 is 0. The summed E-state index contributed by atoms with van der Waals surface area (Å²) in [5.41, 5.74) is 4.10. The highest BCUT2D eigenvalue weighted by Crippen LogP contribution is 2.19. The lowest BCUT2D eigenvalue weighted by Gasteiger charge is -2.12. The van der Waals surface area contributed by atoms with Gasteiger partial charge in [0.2, 0.25) is 0 Å². The van der Waals surface area contributed by atoms with E-state index in [1.54, 1.807) is 24.3 Å². The predicted molar refractivity (Wildman–Crippen MR) is 85.0 cm³/mol. The fourth-order valence-electron chi connectivity index (χ4n) is 2.08. The maximum Gasteiger partial charge on any atom is 0.323 e. The quantitative estimate of drug-likeness (QED) is 0.831. The van der Waals surface area contributed by atoms with Gasteiger partial charge in [0, 0.05) is 16.9 Å². The van der Waals surface area contributed by atoms with Gasteiger partial charge in [-0.25, -0.2) is 4.79 Å². The van der Waals surface area contributed by atoms with Gasteiger partial charge in [0.05, 0.1) is 0 Å². The molecule has 2 aromatic rings. The molecule has 2 amide bonds. The van der Waals surface area contributed by atoms with E-state index < -0.39 is 0 Å². The van der Waals surface area contributed by atoms with Gasteiger partial charge in [-0.2, -0.15) is 0 Å². The molecule has 0 unspecified atom stereocenters. The van der Waals surface area contributed by atoms with Crippen molar-refractivity contribution in [1.29, 1.82) is 0 Å². The number of aryl methyl sites for hydroxylation is 2. The molecule has 2 N–H and O–H groups in total. The Morgan fingerprint density at radius 3 is 1.95 bits per heavy atom. The van der Waals surface area contributed by atoms with Gasteiger partial charge < -0.3 is 10.6 Å². The van der Waals surface area contributed by atoms with Crippen molar-refractivity contribution in [3.05, 3.63) is 59.2 Å². The van der Waals surface area contributed by atoms with Gasteiger partial charge in [-0.15, -0.1) is 0 Å². The molecule has 0 saturated heterocycles. The molecular formula is C17H18N2O2.